The number of rotatable bonds is 2. The Kier molecular flexibility index (Phi) is 4.34. The fourth-order valence-electron chi connectivity index (χ4n) is 4.97. The molecule has 26 heavy (non-hydrogen) atoms. The number of ketones is 1. The average Bonchev–Trinajstić information content (AvgIpc) is 2.97. The normalized spacial score (nSPS) is 26.0. The van der Waals surface area contributed by atoms with E-state index in [0.717, 1.165) is 12.8 Å². The number of hydrogen-bond acceptors (Lipinski definition) is 1. The summed E-state index contributed by atoms with van der Waals surface area (Å²) >= 11 is 0. The molecule has 0 bridgehead atoms. The van der Waals surface area contributed by atoms with Crippen LogP contribution in [-0.2, 0) is 4.79 Å². The summed E-state index contributed by atoms with van der Waals surface area (Å²) in [7, 11) is 0. The molecule has 2 aliphatic carbocycles. The van der Waals surface area contributed by atoms with Crippen molar-refractivity contribution in [3.05, 3.63) is 70.8 Å². The molecular formula is C25H28O. The van der Waals surface area contributed by atoms with Crippen LogP contribution < -0.4 is 0 Å². The van der Waals surface area contributed by atoms with Crippen molar-refractivity contribution in [1.29, 1.82) is 0 Å². The number of allylic oxidation sites excluding steroid dienone is 2. The van der Waals surface area contributed by atoms with E-state index in [9.17, 15) is 4.79 Å². The largest absolute Gasteiger partial charge is 0.299 e. The molecule has 1 nitrogen and oxygen atoms in total. The standard InChI is InChI=1S/C25H28O/c1-17-6-10-19(11-7-17)21-15-24(26)23-5-4-14-25(23,3)16-22(21)20-12-8-18(2)9-13-20/h6-13,23H,4-5,14-16H2,1-3H3/t23-,25+/m0/s1. The third kappa shape index (κ3) is 3.05. The van der Waals surface area contributed by atoms with Crippen LogP contribution in [0.25, 0.3) is 11.1 Å². The van der Waals surface area contributed by atoms with Crippen molar-refractivity contribution in [3.8, 4) is 0 Å². The molecular weight excluding hydrogens is 316 g/mol. The highest BCUT2D eigenvalue weighted by Gasteiger charge is 2.45. The summed E-state index contributed by atoms with van der Waals surface area (Å²) in [6.07, 6.45) is 5.01. The van der Waals surface area contributed by atoms with E-state index in [1.807, 2.05) is 0 Å². The van der Waals surface area contributed by atoms with Crippen LogP contribution >= 0.6 is 0 Å². The van der Waals surface area contributed by atoms with Crippen molar-refractivity contribution in [2.24, 2.45) is 11.3 Å². The topological polar surface area (TPSA) is 17.1 Å². The summed E-state index contributed by atoms with van der Waals surface area (Å²) < 4.78 is 0. The molecule has 2 aromatic rings. The van der Waals surface area contributed by atoms with Crippen LogP contribution in [0.4, 0.5) is 0 Å². The molecule has 1 fully saturated rings. The second kappa shape index (κ2) is 6.54. The van der Waals surface area contributed by atoms with Crippen molar-refractivity contribution in [1.82, 2.24) is 0 Å². The van der Waals surface area contributed by atoms with Gasteiger partial charge in [-0.1, -0.05) is 73.0 Å². The van der Waals surface area contributed by atoms with Gasteiger partial charge in [-0.25, -0.2) is 0 Å². The van der Waals surface area contributed by atoms with E-state index in [-0.39, 0.29) is 11.3 Å². The highest BCUT2D eigenvalue weighted by atomic mass is 16.1. The van der Waals surface area contributed by atoms with Crippen LogP contribution in [0.15, 0.2) is 48.5 Å². The summed E-state index contributed by atoms with van der Waals surface area (Å²) in [5.41, 5.74) is 7.78. The van der Waals surface area contributed by atoms with Gasteiger partial charge < -0.3 is 0 Å². The van der Waals surface area contributed by atoms with Gasteiger partial charge in [0.15, 0.2) is 0 Å². The third-order valence-corrected chi connectivity index (χ3v) is 6.57. The lowest BCUT2D eigenvalue weighted by atomic mass is 9.73. The van der Waals surface area contributed by atoms with Crippen molar-refractivity contribution >= 4 is 16.9 Å². The Morgan fingerprint density at radius 1 is 0.846 bits per heavy atom. The molecule has 0 radical (unpaired) electrons. The van der Waals surface area contributed by atoms with Crippen LogP contribution in [-0.4, -0.2) is 5.78 Å². The van der Waals surface area contributed by atoms with E-state index in [1.54, 1.807) is 0 Å². The number of fused-ring (bicyclic) bond motifs is 1. The molecule has 2 atom stereocenters. The van der Waals surface area contributed by atoms with Crippen LogP contribution in [0.5, 0.6) is 0 Å². The second-order valence-corrected chi connectivity index (χ2v) is 8.61. The van der Waals surface area contributed by atoms with E-state index in [2.05, 4.69) is 69.3 Å². The van der Waals surface area contributed by atoms with Crippen LogP contribution in [0.1, 0.15) is 61.3 Å². The third-order valence-electron chi connectivity index (χ3n) is 6.57. The van der Waals surface area contributed by atoms with Crippen LogP contribution in [0.3, 0.4) is 0 Å². The molecule has 0 N–H and O–H groups in total. The molecule has 0 heterocycles. The Hall–Kier alpha value is -2.15. The van der Waals surface area contributed by atoms with Gasteiger partial charge in [-0.15, -0.1) is 0 Å². The Balaban J connectivity index is 1.89. The van der Waals surface area contributed by atoms with Crippen molar-refractivity contribution in [2.75, 3.05) is 0 Å². The summed E-state index contributed by atoms with van der Waals surface area (Å²) in [6.45, 7) is 6.58. The number of carbonyl (C=O) groups is 1. The highest BCUT2D eigenvalue weighted by Crippen LogP contribution is 2.53. The first-order chi connectivity index (χ1) is 12.5. The molecule has 4 rings (SSSR count). The minimum atomic E-state index is 0.115. The summed E-state index contributed by atoms with van der Waals surface area (Å²) in [4.78, 5) is 13.1. The number of Topliss-reactive ketones (excluding diaryl/α,β-unsaturated/α-hetero) is 1. The Morgan fingerprint density at radius 3 is 1.96 bits per heavy atom. The summed E-state index contributed by atoms with van der Waals surface area (Å²) in [6, 6.07) is 17.6. The fraction of sp³-hybridized carbons (Fsp3) is 0.400. The molecule has 2 aliphatic rings. The van der Waals surface area contributed by atoms with E-state index < -0.39 is 0 Å². The Labute approximate surface area is 157 Å². The molecule has 2 aromatic carbocycles. The number of carbonyl (C=O) groups excluding carboxylic acids is 1. The van der Waals surface area contributed by atoms with Gasteiger partial charge in [0.2, 0.25) is 0 Å². The quantitative estimate of drug-likeness (QED) is 0.617. The zero-order valence-electron chi connectivity index (χ0n) is 16.1. The molecule has 0 saturated heterocycles. The maximum atomic E-state index is 13.1. The predicted octanol–water partition coefficient (Wildman–Crippen LogP) is 6.38. The molecule has 0 aromatic heterocycles. The molecule has 134 valence electrons. The number of hydrogen-bond donors (Lipinski definition) is 0. The van der Waals surface area contributed by atoms with Crippen molar-refractivity contribution in [2.45, 2.75) is 52.9 Å². The lowest BCUT2D eigenvalue weighted by Gasteiger charge is -2.30. The van der Waals surface area contributed by atoms with E-state index in [4.69, 9.17) is 0 Å². The van der Waals surface area contributed by atoms with Gasteiger partial charge in [0.1, 0.15) is 5.78 Å². The van der Waals surface area contributed by atoms with Gasteiger partial charge in [-0.3, -0.25) is 4.79 Å². The number of benzene rings is 2. The molecule has 0 unspecified atom stereocenters. The van der Waals surface area contributed by atoms with E-state index >= 15 is 0 Å². The van der Waals surface area contributed by atoms with Gasteiger partial charge in [0.25, 0.3) is 0 Å². The van der Waals surface area contributed by atoms with Gasteiger partial charge >= 0.3 is 0 Å². The van der Waals surface area contributed by atoms with E-state index in [0.29, 0.717) is 12.2 Å². The Bertz CT molecular complexity index is 854. The number of aryl methyl sites for hydroxylation is 2. The average molecular weight is 344 g/mol. The zero-order valence-corrected chi connectivity index (χ0v) is 16.1. The molecule has 0 amide bonds. The zero-order chi connectivity index (χ0) is 18.3. The summed E-state index contributed by atoms with van der Waals surface area (Å²) in [5, 5.41) is 0. The molecule has 0 spiro atoms. The maximum absolute atomic E-state index is 13.1. The monoisotopic (exact) mass is 344 g/mol. The lowest BCUT2D eigenvalue weighted by Crippen LogP contribution is -2.27. The molecule has 0 aliphatic heterocycles. The lowest BCUT2D eigenvalue weighted by molar-refractivity contribution is -0.124. The van der Waals surface area contributed by atoms with Crippen molar-refractivity contribution in [3.63, 3.8) is 0 Å². The summed E-state index contributed by atoms with van der Waals surface area (Å²) in [5.74, 6) is 0.675. The van der Waals surface area contributed by atoms with Crippen LogP contribution in [0.2, 0.25) is 0 Å². The van der Waals surface area contributed by atoms with Crippen molar-refractivity contribution < 1.29 is 4.79 Å². The predicted molar refractivity (Wildman–Crippen MR) is 109 cm³/mol. The fourth-order valence-corrected chi connectivity index (χ4v) is 4.97. The molecule has 1 heteroatoms. The van der Waals surface area contributed by atoms with Gasteiger partial charge in [0.05, 0.1) is 0 Å². The SMILES string of the molecule is Cc1ccc(C2=C(c3ccc(C)cc3)C[C@@]3(C)CCC[C@H]3C(=O)C2)cc1. The van der Waals surface area contributed by atoms with Gasteiger partial charge in [-0.05, 0) is 60.8 Å². The minimum absolute atomic E-state index is 0.115. The first kappa shape index (κ1) is 17.3. The van der Waals surface area contributed by atoms with Gasteiger partial charge in [-0.2, -0.15) is 0 Å². The minimum Gasteiger partial charge on any atom is -0.299 e. The first-order valence-corrected chi connectivity index (χ1v) is 9.85. The highest BCUT2D eigenvalue weighted by molar-refractivity contribution is 6.02. The van der Waals surface area contributed by atoms with Gasteiger partial charge in [0, 0.05) is 12.3 Å². The second-order valence-electron chi connectivity index (χ2n) is 8.61. The maximum Gasteiger partial charge on any atom is 0.140 e. The smallest absolute Gasteiger partial charge is 0.140 e. The molecule has 1 saturated carbocycles. The first-order valence-electron chi connectivity index (χ1n) is 9.85. The Morgan fingerprint density at radius 2 is 1.38 bits per heavy atom. The van der Waals surface area contributed by atoms with Crippen LogP contribution in [0, 0.1) is 25.2 Å². The van der Waals surface area contributed by atoms with E-state index in [1.165, 1.54) is 46.2 Å².